The van der Waals surface area contributed by atoms with E-state index < -0.39 is 0 Å². The van der Waals surface area contributed by atoms with Crippen molar-refractivity contribution >= 4 is 23.1 Å². The van der Waals surface area contributed by atoms with Crippen molar-refractivity contribution in [2.75, 3.05) is 6.54 Å². The van der Waals surface area contributed by atoms with Crippen LogP contribution in [0.1, 0.15) is 41.4 Å². The standard InChI is InChI=1S/C12H17N3O2S/c1-7-10(17-8(2)14-7)12(16)15-6-4-3-5-9(15)11(13)18/h9H,3-6H2,1-2H3,(H2,13,18). The first-order valence-electron chi connectivity index (χ1n) is 6.05. The third kappa shape index (κ3) is 2.38. The highest BCUT2D eigenvalue weighted by Crippen LogP contribution is 2.21. The Balaban J connectivity index is 2.26. The lowest BCUT2D eigenvalue weighted by atomic mass is 10.0. The van der Waals surface area contributed by atoms with Crippen LogP contribution in [0.2, 0.25) is 0 Å². The van der Waals surface area contributed by atoms with Crippen LogP contribution in [-0.4, -0.2) is 33.4 Å². The Morgan fingerprint density at radius 2 is 2.22 bits per heavy atom. The van der Waals surface area contributed by atoms with Gasteiger partial charge in [-0.1, -0.05) is 12.2 Å². The smallest absolute Gasteiger partial charge is 0.292 e. The van der Waals surface area contributed by atoms with Crippen LogP contribution in [-0.2, 0) is 0 Å². The van der Waals surface area contributed by atoms with E-state index in [0.717, 1.165) is 19.3 Å². The molecule has 1 amide bonds. The van der Waals surface area contributed by atoms with Crippen molar-refractivity contribution in [3.05, 3.63) is 17.3 Å². The molecule has 2 rings (SSSR count). The summed E-state index contributed by atoms with van der Waals surface area (Å²) in [5.74, 6) is 0.640. The van der Waals surface area contributed by atoms with Crippen molar-refractivity contribution in [3.63, 3.8) is 0 Å². The SMILES string of the molecule is Cc1nc(C)c(C(=O)N2CCCCC2C(N)=S)o1. The first-order chi connectivity index (χ1) is 8.50. The lowest BCUT2D eigenvalue weighted by Crippen LogP contribution is -2.49. The second kappa shape index (κ2) is 5.06. The van der Waals surface area contributed by atoms with Crippen LogP contribution in [0.25, 0.3) is 0 Å². The molecule has 5 nitrogen and oxygen atoms in total. The Morgan fingerprint density at radius 1 is 1.50 bits per heavy atom. The number of hydrogen-bond acceptors (Lipinski definition) is 4. The molecular weight excluding hydrogens is 250 g/mol. The zero-order valence-electron chi connectivity index (χ0n) is 10.6. The number of nitrogens with two attached hydrogens (primary N) is 1. The quantitative estimate of drug-likeness (QED) is 0.823. The number of nitrogens with zero attached hydrogens (tertiary/aromatic N) is 2. The van der Waals surface area contributed by atoms with Crippen molar-refractivity contribution in [2.24, 2.45) is 5.73 Å². The first kappa shape index (κ1) is 13.0. The molecule has 1 aliphatic heterocycles. The summed E-state index contributed by atoms with van der Waals surface area (Å²) in [4.78, 5) is 18.6. The molecule has 1 aromatic heterocycles. The summed E-state index contributed by atoms with van der Waals surface area (Å²) in [6.07, 6.45) is 2.84. The Labute approximate surface area is 111 Å². The van der Waals surface area contributed by atoms with Crippen LogP contribution in [0.3, 0.4) is 0 Å². The first-order valence-corrected chi connectivity index (χ1v) is 6.46. The van der Waals surface area contributed by atoms with Gasteiger partial charge in [0.05, 0.1) is 16.7 Å². The number of aryl methyl sites for hydroxylation is 2. The fourth-order valence-corrected chi connectivity index (χ4v) is 2.58. The topological polar surface area (TPSA) is 72.4 Å². The zero-order chi connectivity index (χ0) is 13.3. The van der Waals surface area contributed by atoms with Crippen LogP contribution >= 0.6 is 12.2 Å². The molecule has 6 heteroatoms. The van der Waals surface area contributed by atoms with Gasteiger partial charge in [-0.05, 0) is 26.2 Å². The second-order valence-electron chi connectivity index (χ2n) is 4.56. The van der Waals surface area contributed by atoms with Gasteiger partial charge in [-0.25, -0.2) is 4.98 Å². The van der Waals surface area contributed by atoms with E-state index in [4.69, 9.17) is 22.4 Å². The molecule has 0 aromatic carbocycles. The summed E-state index contributed by atoms with van der Waals surface area (Å²) >= 11 is 5.04. The minimum Gasteiger partial charge on any atom is -0.436 e. The molecule has 1 saturated heterocycles. The average Bonchev–Trinajstić information content (AvgIpc) is 2.67. The van der Waals surface area contributed by atoms with E-state index in [9.17, 15) is 4.79 Å². The number of carbonyl (C=O) groups excluding carboxylic acids is 1. The van der Waals surface area contributed by atoms with E-state index >= 15 is 0 Å². The van der Waals surface area contributed by atoms with Gasteiger partial charge < -0.3 is 15.1 Å². The van der Waals surface area contributed by atoms with Gasteiger partial charge in [0.2, 0.25) is 5.76 Å². The predicted molar refractivity (Wildman–Crippen MR) is 71.4 cm³/mol. The Hall–Kier alpha value is -1.43. The molecule has 1 aromatic rings. The number of thiocarbonyl (C=S) groups is 1. The Morgan fingerprint density at radius 3 is 2.78 bits per heavy atom. The lowest BCUT2D eigenvalue weighted by Gasteiger charge is -2.34. The summed E-state index contributed by atoms with van der Waals surface area (Å²) in [6, 6.07) is -0.161. The van der Waals surface area contributed by atoms with Gasteiger partial charge in [0, 0.05) is 13.5 Å². The minimum atomic E-state index is -0.161. The van der Waals surface area contributed by atoms with Crippen molar-refractivity contribution in [3.8, 4) is 0 Å². The number of likely N-dealkylation sites (tertiary alicyclic amines) is 1. The maximum atomic E-state index is 12.4. The van der Waals surface area contributed by atoms with Crippen LogP contribution in [0.15, 0.2) is 4.42 Å². The van der Waals surface area contributed by atoms with E-state index in [2.05, 4.69) is 4.98 Å². The van der Waals surface area contributed by atoms with Crippen LogP contribution < -0.4 is 5.73 Å². The summed E-state index contributed by atoms with van der Waals surface area (Å²) in [5.41, 5.74) is 6.32. The fourth-order valence-electron chi connectivity index (χ4n) is 2.33. The van der Waals surface area contributed by atoms with Gasteiger partial charge >= 0.3 is 0 Å². The molecule has 0 spiro atoms. The maximum Gasteiger partial charge on any atom is 0.292 e. The molecule has 1 fully saturated rings. The van der Waals surface area contributed by atoms with Gasteiger partial charge in [0.25, 0.3) is 5.91 Å². The van der Waals surface area contributed by atoms with Gasteiger partial charge in [0.15, 0.2) is 5.89 Å². The second-order valence-corrected chi connectivity index (χ2v) is 5.03. The molecule has 2 heterocycles. The van der Waals surface area contributed by atoms with E-state index in [1.165, 1.54) is 0 Å². The fraction of sp³-hybridized carbons (Fsp3) is 0.583. The maximum absolute atomic E-state index is 12.4. The van der Waals surface area contributed by atoms with Crippen molar-refractivity contribution in [2.45, 2.75) is 39.2 Å². The minimum absolute atomic E-state index is 0.161. The molecule has 0 saturated carbocycles. The zero-order valence-corrected chi connectivity index (χ0v) is 11.4. The van der Waals surface area contributed by atoms with E-state index in [-0.39, 0.29) is 11.9 Å². The predicted octanol–water partition coefficient (Wildman–Crippen LogP) is 1.57. The molecule has 0 bridgehead atoms. The van der Waals surface area contributed by atoms with Gasteiger partial charge in [-0.2, -0.15) is 0 Å². The van der Waals surface area contributed by atoms with Crippen LogP contribution in [0.5, 0.6) is 0 Å². The molecule has 0 radical (unpaired) electrons. The third-order valence-electron chi connectivity index (χ3n) is 3.19. The number of piperidine rings is 1. The van der Waals surface area contributed by atoms with E-state index in [1.54, 1.807) is 18.7 Å². The highest BCUT2D eigenvalue weighted by Gasteiger charge is 2.32. The molecule has 2 N–H and O–H groups in total. The number of carbonyl (C=O) groups is 1. The summed E-state index contributed by atoms with van der Waals surface area (Å²) < 4.78 is 5.37. The normalized spacial score (nSPS) is 19.9. The summed E-state index contributed by atoms with van der Waals surface area (Å²) in [6.45, 7) is 4.16. The number of oxazole rings is 1. The Bertz CT molecular complexity index is 484. The molecule has 1 aliphatic rings. The Kier molecular flexibility index (Phi) is 3.65. The number of amides is 1. The number of rotatable bonds is 2. The lowest BCUT2D eigenvalue weighted by molar-refractivity contribution is 0.0646. The van der Waals surface area contributed by atoms with Crippen LogP contribution in [0.4, 0.5) is 0 Å². The van der Waals surface area contributed by atoms with Crippen molar-refractivity contribution in [1.82, 2.24) is 9.88 Å². The van der Waals surface area contributed by atoms with Gasteiger partial charge in [-0.15, -0.1) is 0 Å². The third-order valence-corrected chi connectivity index (χ3v) is 3.46. The number of hydrogen-bond donors (Lipinski definition) is 1. The van der Waals surface area contributed by atoms with E-state index in [1.807, 2.05) is 0 Å². The molecule has 0 aliphatic carbocycles. The van der Waals surface area contributed by atoms with Gasteiger partial charge in [-0.3, -0.25) is 4.79 Å². The van der Waals surface area contributed by atoms with Crippen molar-refractivity contribution < 1.29 is 9.21 Å². The van der Waals surface area contributed by atoms with E-state index in [0.29, 0.717) is 28.9 Å². The summed E-state index contributed by atoms with van der Waals surface area (Å²) in [7, 11) is 0. The van der Waals surface area contributed by atoms with Crippen LogP contribution in [0, 0.1) is 13.8 Å². The summed E-state index contributed by atoms with van der Waals surface area (Å²) in [5, 5.41) is 0. The molecule has 1 atom stereocenters. The molecule has 1 unspecified atom stereocenters. The highest BCUT2D eigenvalue weighted by atomic mass is 32.1. The van der Waals surface area contributed by atoms with Crippen molar-refractivity contribution in [1.29, 1.82) is 0 Å². The average molecular weight is 267 g/mol. The monoisotopic (exact) mass is 267 g/mol. The molecule has 98 valence electrons. The largest absolute Gasteiger partial charge is 0.436 e. The highest BCUT2D eigenvalue weighted by molar-refractivity contribution is 7.80. The molecular formula is C12H17N3O2S. The molecule has 18 heavy (non-hydrogen) atoms. The number of aromatic nitrogens is 1. The van der Waals surface area contributed by atoms with Gasteiger partial charge in [0.1, 0.15) is 0 Å².